The first-order chi connectivity index (χ1) is 7.63. The van der Waals surface area contributed by atoms with E-state index < -0.39 is 0 Å². The smallest absolute Gasteiger partial charge is 0.129 e. The predicted octanol–water partition coefficient (Wildman–Crippen LogP) is 2.88. The van der Waals surface area contributed by atoms with Crippen LogP contribution in [0.3, 0.4) is 0 Å². The highest BCUT2D eigenvalue weighted by Crippen LogP contribution is 2.08. The van der Waals surface area contributed by atoms with Crippen molar-refractivity contribution in [1.82, 2.24) is 15.2 Å². The summed E-state index contributed by atoms with van der Waals surface area (Å²) in [5.41, 5.74) is 1.10. The zero-order chi connectivity index (χ0) is 12.6. The van der Waals surface area contributed by atoms with Gasteiger partial charge in [-0.2, -0.15) is 0 Å². The molecule has 0 aliphatic rings. The number of pyridine rings is 1. The van der Waals surface area contributed by atoms with Crippen LogP contribution in [0.15, 0.2) is 30.7 Å². The molecule has 0 saturated carbocycles. The first kappa shape index (κ1) is 14.8. The molecule has 0 amide bonds. The molecular formula is C12H20ClN3. The molecule has 4 heteroatoms. The van der Waals surface area contributed by atoms with Crippen LogP contribution in [-0.2, 0) is 6.54 Å². The van der Waals surface area contributed by atoms with Crippen molar-refractivity contribution in [3.8, 4) is 0 Å². The molecule has 0 saturated heterocycles. The minimum absolute atomic E-state index is 0.517. The van der Waals surface area contributed by atoms with Crippen LogP contribution in [0, 0.1) is 0 Å². The van der Waals surface area contributed by atoms with E-state index in [1.807, 2.05) is 38.9 Å². The molecule has 1 aromatic rings. The van der Waals surface area contributed by atoms with Gasteiger partial charge < -0.3 is 10.2 Å². The van der Waals surface area contributed by atoms with Crippen LogP contribution in [0.1, 0.15) is 19.4 Å². The van der Waals surface area contributed by atoms with Crippen molar-refractivity contribution in [2.24, 2.45) is 0 Å². The van der Waals surface area contributed by atoms with Crippen molar-refractivity contribution < 1.29 is 0 Å². The second-order valence-electron chi connectivity index (χ2n) is 3.04. The highest BCUT2D eigenvalue weighted by molar-refractivity contribution is 6.29. The Hall–Kier alpha value is -1.22. The van der Waals surface area contributed by atoms with Gasteiger partial charge >= 0.3 is 0 Å². The van der Waals surface area contributed by atoms with Gasteiger partial charge in [-0.25, -0.2) is 4.98 Å². The Morgan fingerprint density at radius 1 is 1.50 bits per heavy atom. The lowest BCUT2D eigenvalue weighted by Crippen LogP contribution is -2.24. The second-order valence-corrected chi connectivity index (χ2v) is 3.43. The molecule has 0 aromatic carbocycles. The van der Waals surface area contributed by atoms with Gasteiger partial charge in [0, 0.05) is 26.8 Å². The highest BCUT2D eigenvalue weighted by Gasteiger charge is 2.01. The van der Waals surface area contributed by atoms with Crippen LogP contribution in [0.4, 0.5) is 0 Å². The fourth-order valence-corrected chi connectivity index (χ4v) is 1.17. The Bertz CT molecular complexity index is 309. The Labute approximate surface area is 103 Å². The van der Waals surface area contributed by atoms with Crippen LogP contribution in [0.25, 0.3) is 0 Å². The molecule has 1 aromatic heterocycles. The molecule has 90 valence electrons. The molecule has 0 aliphatic heterocycles. The standard InChI is InChI=1S/C10H14ClN3.C2H6/c1-8(12-2)14(3)7-9-4-5-10(11)13-6-9;1-2/h4-6,12H,1,7H2,2-3H3;1-2H3. The fourth-order valence-electron chi connectivity index (χ4n) is 1.06. The van der Waals surface area contributed by atoms with Crippen molar-refractivity contribution in [3.63, 3.8) is 0 Å². The Morgan fingerprint density at radius 2 is 2.12 bits per heavy atom. The van der Waals surface area contributed by atoms with E-state index in [-0.39, 0.29) is 0 Å². The molecule has 0 unspecified atom stereocenters. The minimum Gasteiger partial charge on any atom is -0.375 e. The van der Waals surface area contributed by atoms with Crippen LogP contribution < -0.4 is 5.32 Å². The molecule has 3 nitrogen and oxygen atoms in total. The SMILES string of the molecule is C=C(NC)N(C)Cc1ccc(Cl)nc1.CC. The summed E-state index contributed by atoms with van der Waals surface area (Å²) in [6, 6.07) is 3.74. The Kier molecular flexibility index (Phi) is 7.38. The normalized spacial score (nSPS) is 8.81. The molecule has 0 radical (unpaired) electrons. The predicted molar refractivity (Wildman–Crippen MR) is 70.3 cm³/mol. The van der Waals surface area contributed by atoms with Crippen LogP contribution in [-0.4, -0.2) is 24.0 Å². The summed E-state index contributed by atoms with van der Waals surface area (Å²) in [6.45, 7) is 8.62. The topological polar surface area (TPSA) is 28.2 Å². The number of aromatic nitrogens is 1. The minimum atomic E-state index is 0.517. The fraction of sp³-hybridized carbons (Fsp3) is 0.417. The third-order valence-corrected chi connectivity index (χ3v) is 2.18. The third-order valence-electron chi connectivity index (χ3n) is 1.96. The lowest BCUT2D eigenvalue weighted by Gasteiger charge is -2.20. The largest absolute Gasteiger partial charge is 0.375 e. The van der Waals surface area contributed by atoms with Crippen LogP contribution in [0.2, 0.25) is 5.15 Å². The van der Waals surface area contributed by atoms with Gasteiger partial charge in [0.2, 0.25) is 0 Å². The summed E-state index contributed by atoms with van der Waals surface area (Å²) in [5.74, 6) is 0.875. The van der Waals surface area contributed by atoms with Gasteiger partial charge in [0.25, 0.3) is 0 Å². The molecule has 0 atom stereocenters. The summed E-state index contributed by atoms with van der Waals surface area (Å²) >= 11 is 5.68. The Balaban J connectivity index is 0.00000106. The molecule has 0 fully saturated rings. The van der Waals surface area contributed by atoms with Crippen LogP contribution >= 0.6 is 11.6 Å². The van der Waals surface area contributed by atoms with Gasteiger partial charge in [-0.3, -0.25) is 0 Å². The van der Waals surface area contributed by atoms with Gasteiger partial charge in [0.05, 0.1) is 5.82 Å². The zero-order valence-corrected chi connectivity index (χ0v) is 11.2. The summed E-state index contributed by atoms with van der Waals surface area (Å²) in [6.07, 6.45) is 1.77. The van der Waals surface area contributed by atoms with E-state index in [0.29, 0.717) is 5.15 Å². The van der Waals surface area contributed by atoms with E-state index in [1.165, 1.54) is 0 Å². The van der Waals surface area contributed by atoms with Gasteiger partial charge in [0.15, 0.2) is 0 Å². The molecule has 1 heterocycles. The van der Waals surface area contributed by atoms with Crippen molar-refractivity contribution in [3.05, 3.63) is 41.4 Å². The summed E-state index contributed by atoms with van der Waals surface area (Å²) in [5, 5.41) is 3.50. The van der Waals surface area contributed by atoms with Crippen LogP contribution in [0.5, 0.6) is 0 Å². The number of hydrogen-bond acceptors (Lipinski definition) is 3. The lowest BCUT2D eigenvalue weighted by molar-refractivity contribution is 0.388. The maximum absolute atomic E-state index is 5.68. The Morgan fingerprint density at radius 3 is 2.56 bits per heavy atom. The van der Waals surface area contributed by atoms with Crippen molar-refractivity contribution in [2.45, 2.75) is 20.4 Å². The average molecular weight is 242 g/mol. The summed E-state index contributed by atoms with van der Waals surface area (Å²) in [7, 11) is 3.81. The van der Waals surface area contributed by atoms with Gasteiger partial charge in [-0.1, -0.05) is 38.1 Å². The van der Waals surface area contributed by atoms with E-state index in [0.717, 1.165) is 17.9 Å². The number of hydrogen-bond donors (Lipinski definition) is 1. The molecule has 0 spiro atoms. The maximum Gasteiger partial charge on any atom is 0.129 e. The zero-order valence-electron chi connectivity index (χ0n) is 10.4. The quantitative estimate of drug-likeness (QED) is 0.822. The van der Waals surface area contributed by atoms with Crippen molar-refractivity contribution in [1.29, 1.82) is 0 Å². The molecule has 0 aliphatic carbocycles. The van der Waals surface area contributed by atoms with Crippen molar-refractivity contribution in [2.75, 3.05) is 14.1 Å². The van der Waals surface area contributed by atoms with E-state index in [1.54, 1.807) is 12.3 Å². The molecule has 0 bridgehead atoms. The van der Waals surface area contributed by atoms with E-state index in [4.69, 9.17) is 11.6 Å². The highest BCUT2D eigenvalue weighted by atomic mass is 35.5. The first-order valence-corrected chi connectivity index (χ1v) is 5.69. The number of nitrogens with one attached hydrogen (secondary N) is 1. The number of nitrogens with zero attached hydrogens (tertiary/aromatic N) is 2. The van der Waals surface area contributed by atoms with Gasteiger partial charge in [0.1, 0.15) is 5.15 Å². The van der Waals surface area contributed by atoms with Gasteiger partial charge in [-0.15, -0.1) is 0 Å². The van der Waals surface area contributed by atoms with E-state index in [9.17, 15) is 0 Å². The van der Waals surface area contributed by atoms with Gasteiger partial charge in [-0.05, 0) is 11.6 Å². The second kappa shape index (κ2) is 7.99. The molecule has 1 rings (SSSR count). The molecule has 1 N–H and O–H groups in total. The average Bonchev–Trinajstić information content (AvgIpc) is 2.33. The summed E-state index contributed by atoms with van der Waals surface area (Å²) in [4.78, 5) is 6.01. The maximum atomic E-state index is 5.68. The number of halogens is 1. The third kappa shape index (κ3) is 5.03. The molecule has 16 heavy (non-hydrogen) atoms. The first-order valence-electron chi connectivity index (χ1n) is 5.31. The van der Waals surface area contributed by atoms with Crippen molar-refractivity contribution >= 4 is 11.6 Å². The molecular weight excluding hydrogens is 222 g/mol. The van der Waals surface area contributed by atoms with E-state index >= 15 is 0 Å². The number of rotatable bonds is 4. The monoisotopic (exact) mass is 241 g/mol. The van der Waals surface area contributed by atoms with E-state index in [2.05, 4.69) is 16.9 Å². The lowest BCUT2D eigenvalue weighted by atomic mass is 10.3. The summed E-state index contributed by atoms with van der Waals surface area (Å²) < 4.78 is 0.